The van der Waals surface area contributed by atoms with Gasteiger partial charge in [0.25, 0.3) is 0 Å². The van der Waals surface area contributed by atoms with Crippen LogP contribution in [-0.4, -0.2) is 32.6 Å². The van der Waals surface area contributed by atoms with Crippen LogP contribution in [0.4, 0.5) is 0 Å². The summed E-state index contributed by atoms with van der Waals surface area (Å²) in [5.74, 6) is -1.24. The van der Waals surface area contributed by atoms with Crippen LogP contribution in [-0.2, 0) is 19.0 Å². The molecule has 4 nitrogen and oxygen atoms in total. The molecule has 2 unspecified atom stereocenters. The van der Waals surface area contributed by atoms with E-state index >= 15 is 0 Å². The fourth-order valence-electron chi connectivity index (χ4n) is 0.831. The van der Waals surface area contributed by atoms with Crippen molar-refractivity contribution in [1.29, 1.82) is 0 Å². The van der Waals surface area contributed by atoms with Crippen molar-refractivity contribution in [2.45, 2.75) is 12.1 Å². The van der Waals surface area contributed by atoms with Gasteiger partial charge in [-0.1, -0.05) is 0 Å². The Balaban J connectivity index is 2.64. The Kier molecular flexibility index (Phi) is 2.38. The summed E-state index contributed by atoms with van der Waals surface area (Å²) in [7, 11) is 2.89. The Bertz CT molecular complexity index is 177. The predicted molar refractivity (Wildman–Crippen MR) is 36.8 cm³/mol. The first-order chi connectivity index (χ1) is 5.26. The maximum absolute atomic E-state index is 10.5. The van der Waals surface area contributed by atoms with Crippen LogP contribution in [0.5, 0.6) is 0 Å². The van der Waals surface area contributed by atoms with E-state index in [1.165, 1.54) is 20.3 Å². The molecule has 0 N–H and O–H groups in total. The maximum Gasteiger partial charge on any atom is 0.248 e. The first-order valence-electron chi connectivity index (χ1n) is 3.18. The number of hydrogen-bond acceptors (Lipinski definition) is 4. The molecule has 0 fully saturated rings. The van der Waals surface area contributed by atoms with E-state index in [1.54, 1.807) is 6.08 Å². The van der Waals surface area contributed by atoms with Gasteiger partial charge < -0.3 is 14.2 Å². The standard InChI is InChI=1S/C7H10O4/c1-9-6-3-4-7(5-8,10-2)11-6/h3-6H,1-2H3. The van der Waals surface area contributed by atoms with E-state index in [9.17, 15) is 4.79 Å². The van der Waals surface area contributed by atoms with E-state index < -0.39 is 12.1 Å². The molecule has 0 aromatic rings. The topological polar surface area (TPSA) is 44.8 Å². The highest BCUT2D eigenvalue weighted by molar-refractivity contribution is 5.64. The second-order valence-electron chi connectivity index (χ2n) is 2.12. The number of ether oxygens (including phenoxy) is 3. The summed E-state index contributed by atoms with van der Waals surface area (Å²) in [5.41, 5.74) is 0. The van der Waals surface area contributed by atoms with E-state index in [1.807, 2.05) is 0 Å². The molecule has 0 amide bonds. The van der Waals surface area contributed by atoms with Crippen LogP contribution in [0.1, 0.15) is 0 Å². The van der Waals surface area contributed by atoms with Crippen molar-refractivity contribution in [2.75, 3.05) is 14.2 Å². The van der Waals surface area contributed by atoms with Crippen molar-refractivity contribution < 1.29 is 19.0 Å². The van der Waals surface area contributed by atoms with Crippen LogP contribution >= 0.6 is 0 Å². The molecule has 1 rings (SSSR count). The molecule has 0 saturated carbocycles. The first kappa shape index (κ1) is 8.39. The Morgan fingerprint density at radius 3 is 2.64 bits per heavy atom. The zero-order chi connectivity index (χ0) is 8.32. The van der Waals surface area contributed by atoms with Gasteiger partial charge >= 0.3 is 0 Å². The first-order valence-corrected chi connectivity index (χ1v) is 3.18. The maximum atomic E-state index is 10.5. The smallest absolute Gasteiger partial charge is 0.248 e. The minimum atomic E-state index is -1.24. The van der Waals surface area contributed by atoms with Gasteiger partial charge in [0, 0.05) is 14.2 Å². The summed E-state index contributed by atoms with van der Waals surface area (Å²) < 4.78 is 14.7. The van der Waals surface area contributed by atoms with Gasteiger partial charge in [0.15, 0.2) is 12.6 Å². The van der Waals surface area contributed by atoms with Gasteiger partial charge in [-0.05, 0) is 12.2 Å². The lowest BCUT2D eigenvalue weighted by atomic mass is 10.3. The lowest BCUT2D eigenvalue weighted by Crippen LogP contribution is -2.33. The fourth-order valence-corrected chi connectivity index (χ4v) is 0.831. The van der Waals surface area contributed by atoms with Crippen molar-refractivity contribution >= 4 is 6.29 Å². The van der Waals surface area contributed by atoms with E-state index in [0.717, 1.165) is 0 Å². The molecule has 0 radical (unpaired) electrons. The zero-order valence-electron chi connectivity index (χ0n) is 6.44. The largest absolute Gasteiger partial charge is 0.352 e. The van der Waals surface area contributed by atoms with E-state index in [0.29, 0.717) is 6.29 Å². The highest BCUT2D eigenvalue weighted by Gasteiger charge is 2.35. The average Bonchev–Trinajstić information content (AvgIpc) is 2.49. The second kappa shape index (κ2) is 3.13. The Morgan fingerprint density at radius 2 is 2.36 bits per heavy atom. The lowest BCUT2D eigenvalue weighted by molar-refractivity contribution is -0.226. The van der Waals surface area contributed by atoms with Crippen molar-refractivity contribution in [2.24, 2.45) is 0 Å². The van der Waals surface area contributed by atoms with Gasteiger partial charge in [-0.15, -0.1) is 0 Å². The number of aldehydes is 1. The summed E-state index contributed by atoms with van der Waals surface area (Å²) in [5, 5.41) is 0. The third-order valence-electron chi connectivity index (χ3n) is 1.50. The molecule has 1 aliphatic heterocycles. The van der Waals surface area contributed by atoms with Gasteiger partial charge in [-0.25, -0.2) is 0 Å². The molecule has 2 atom stereocenters. The molecule has 1 aliphatic rings. The third kappa shape index (κ3) is 1.48. The number of methoxy groups -OCH3 is 2. The van der Waals surface area contributed by atoms with E-state index in [2.05, 4.69) is 0 Å². The third-order valence-corrected chi connectivity index (χ3v) is 1.50. The quantitative estimate of drug-likeness (QED) is 0.431. The number of carbonyl (C=O) groups excluding carboxylic acids is 1. The van der Waals surface area contributed by atoms with Crippen molar-refractivity contribution in [3.63, 3.8) is 0 Å². The van der Waals surface area contributed by atoms with Crippen LogP contribution in [0.15, 0.2) is 12.2 Å². The molecule has 0 saturated heterocycles. The number of rotatable bonds is 3. The monoisotopic (exact) mass is 158 g/mol. The van der Waals surface area contributed by atoms with Gasteiger partial charge in [0.1, 0.15) is 0 Å². The van der Waals surface area contributed by atoms with E-state index in [-0.39, 0.29) is 0 Å². The van der Waals surface area contributed by atoms with Crippen LogP contribution in [0.2, 0.25) is 0 Å². The Hall–Kier alpha value is -0.710. The molecular weight excluding hydrogens is 148 g/mol. The van der Waals surface area contributed by atoms with Gasteiger partial charge in [0.05, 0.1) is 0 Å². The molecule has 4 heteroatoms. The summed E-state index contributed by atoms with van der Waals surface area (Å²) in [6.45, 7) is 0. The average molecular weight is 158 g/mol. The van der Waals surface area contributed by atoms with E-state index in [4.69, 9.17) is 14.2 Å². The predicted octanol–water partition coefficient (Wildman–Crippen LogP) is 0.0869. The van der Waals surface area contributed by atoms with Crippen LogP contribution in [0.25, 0.3) is 0 Å². The summed E-state index contributed by atoms with van der Waals surface area (Å²) >= 11 is 0. The molecule has 62 valence electrons. The highest BCUT2D eigenvalue weighted by Crippen LogP contribution is 2.21. The minimum absolute atomic E-state index is 0.486. The Morgan fingerprint density at radius 1 is 1.64 bits per heavy atom. The van der Waals surface area contributed by atoms with Crippen molar-refractivity contribution in [3.05, 3.63) is 12.2 Å². The molecule has 0 aromatic heterocycles. The molecule has 11 heavy (non-hydrogen) atoms. The lowest BCUT2D eigenvalue weighted by Gasteiger charge is -2.19. The number of hydrogen-bond donors (Lipinski definition) is 0. The van der Waals surface area contributed by atoms with Crippen LogP contribution < -0.4 is 0 Å². The summed E-state index contributed by atoms with van der Waals surface area (Å²) in [4.78, 5) is 10.5. The normalized spacial score (nSPS) is 36.0. The molecule has 0 bridgehead atoms. The highest BCUT2D eigenvalue weighted by atomic mass is 16.8. The molecular formula is C7H10O4. The molecule has 1 heterocycles. The SMILES string of the molecule is COC1C=CC(C=O)(OC)O1. The second-order valence-corrected chi connectivity index (χ2v) is 2.12. The summed E-state index contributed by atoms with van der Waals surface area (Å²) in [6, 6.07) is 0. The molecule has 0 spiro atoms. The van der Waals surface area contributed by atoms with Gasteiger partial charge in [-0.3, -0.25) is 4.79 Å². The number of carbonyl (C=O) groups is 1. The Labute approximate surface area is 64.7 Å². The summed E-state index contributed by atoms with van der Waals surface area (Å²) in [6.07, 6.45) is 3.24. The fraction of sp³-hybridized carbons (Fsp3) is 0.571. The van der Waals surface area contributed by atoms with Crippen LogP contribution in [0.3, 0.4) is 0 Å². The zero-order valence-corrected chi connectivity index (χ0v) is 6.44. The van der Waals surface area contributed by atoms with Crippen molar-refractivity contribution in [3.8, 4) is 0 Å². The van der Waals surface area contributed by atoms with Gasteiger partial charge in [0.2, 0.25) is 5.79 Å². The molecule has 0 aromatic carbocycles. The van der Waals surface area contributed by atoms with Gasteiger partial charge in [-0.2, -0.15) is 0 Å². The molecule has 0 aliphatic carbocycles. The van der Waals surface area contributed by atoms with Crippen LogP contribution in [0, 0.1) is 0 Å². The minimum Gasteiger partial charge on any atom is -0.352 e. The van der Waals surface area contributed by atoms with Crippen molar-refractivity contribution in [1.82, 2.24) is 0 Å².